The van der Waals surface area contributed by atoms with Gasteiger partial charge in [-0.2, -0.15) is 0 Å². The molecule has 0 spiro atoms. The highest BCUT2D eigenvalue weighted by Crippen LogP contribution is 2.43. The van der Waals surface area contributed by atoms with Crippen LogP contribution in [0.25, 0.3) is 44.6 Å². The number of benzene rings is 4. The molecule has 4 aliphatic heterocycles. The van der Waals surface area contributed by atoms with Gasteiger partial charge in [0.2, 0.25) is 34.9 Å². The molecule has 6 aromatic rings. The normalized spacial score (nSPS) is 30.3. The topological polar surface area (TPSA) is 576 Å². The third-order valence-electron chi connectivity index (χ3n) is 15.9. The maximum atomic E-state index is 14.1. The molecule has 4 fully saturated rings. The molecule has 4 aliphatic rings. The Morgan fingerprint density at radius 1 is 0.378 bits per heavy atom. The summed E-state index contributed by atoms with van der Waals surface area (Å²) in [5.41, 5.74) is -2.31. The summed E-state index contributed by atoms with van der Waals surface area (Å²) in [6.07, 6.45) is -32.5. The van der Waals surface area contributed by atoms with Gasteiger partial charge in [0.25, 0.3) is 0 Å². The van der Waals surface area contributed by atoms with Gasteiger partial charge < -0.3 is 168 Å². The number of rotatable bonds is 24. The maximum absolute atomic E-state index is 14.1. The van der Waals surface area contributed by atoms with E-state index in [4.69, 9.17) is 70.8 Å². The lowest BCUT2D eigenvalue weighted by atomic mass is 9.98. The fourth-order valence-corrected chi connectivity index (χ4v) is 10.7. The Bertz CT molecular complexity index is 3770. The monoisotopic (exact) mass is 1400 g/mol. The van der Waals surface area contributed by atoms with Gasteiger partial charge in [0.1, 0.15) is 157 Å². The lowest BCUT2D eigenvalue weighted by Gasteiger charge is -2.42. The van der Waals surface area contributed by atoms with E-state index in [-0.39, 0.29) is 115 Å². The Morgan fingerprint density at radius 3 is 1.17 bits per heavy atom. The van der Waals surface area contributed by atoms with Gasteiger partial charge in [0, 0.05) is 35.4 Å². The van der Waals surface area contributed by atoms with Gasteiger partial charge in [-0.15, -0.1) is 0 Å². The fourth-order valence-electron chi connectivity index (χ4n) is 10.7. The summed E-state index contributed by atoms with van der Waals surface area (Å²) in [6.45, 7) is -0.316. The molecule has 0 unspecified atom stereocenters. The molecule has 98 heavy (non-hydrogen) atoms. The number of hydrogen-bond acceptors (Lipinski definition) is 36. The molecule has 4 aromatic carbocycles. The minimum atomic E-state index is -1.98. The van der Waals surface area contributed by atoms with Gasteiger partial charge in [-0.25, -0.2) is 0 Å². The molecule has 20 atom stereocenters. The van der Waals surface area contributed by atoms with E-state index in [1.807, 2.05) is 0 Å². The van der Waals surface area contributed by atoms with Crippen LogP contribution in [-0.2, 0) is 28.4 Å². The second-order valence-electron chi connectivity index (χ2n) is 22.8. The van der Waals surface area contributed by atoms with Crippen LogP contribution in [0, 0.1) is 0 Å². The van der Waals surface area contributed by atoms with Gasteiger partial charge in [0.05, 0.1) is 51.8 Å². The number of aliphatic hydroxyl groups is 16. The Labute approximate surface area is 552 Å². The molecule has 0 bridgehead atoms. The second kappa shape index (κ2) is 32.6. The van der Waals surface area contributed by atoms with Gasteiger partial charge in [0.15, 0.2) is 47.1 Å². The van der Waals surface area contributed by atoms with Gasteiger partial charge in [-0.05, 0) is 50.2 Å². The van der Waals surface area contributed by atoms with E-state index in [2.05, 4.69) is 0 Å². The van der Waals surface area contributed by atoms with Crippen LogP contribution < -0.4 is 39.3 Å². The van der Waals surface area contributed by atoms with Crippen LogP contribution in [0.4, 0.5) is 0 Å². The summed E-state index contributed by atoms with van der Waals surface area (Å²) < 4.78 is 78.5. The highest BCUT2D eigenvalue weighted by Gasteiger charge is 2.50. The molecule has 36 nitrogen and oxygen atoms in total. The molecular formula is C62H76O36. The predicted octanol–water partition coefficient (Wildman–Crippen LogP) is -4.71. The molecule has 0 amide bonds. The summed E-state index contributed by atoms with van der Waals surface area (Å²) in [6, 6.07) is 12.3. The Morgan fingerprint density at radius 2 is 0.755 bits per heavy atom. The smallest absolute Gasteiger partial charge is 0.239 e. The van der Waals surface area contributed by atoms with E-state index in [1.54, 1.807) is 0 Å². The summed E-state index contributed by atoms with van der Waals surface area (Å²) in [7, 11) is 0. The third-order valence-corrected chi connectivity index (χ3v) is 15.9. The lowest BCUT2D eigenvalue weighted by Crippen LogP contribution is -2.61. The SMILES string of the molecule is C[C@@H]1O[C@@H](OC[C@H]2O[C@@H](Oc3c(-c4ccc(O)c(O)c4)oc4cc(OCCO)cc(O)c4c3=O)[C@H](O)[C@@H](O)[C@@H]2O)[C@H](O)[C@H](O)[C@H]1O.C[C@@H]1O[C@@H](OC[C@H]2O[C@@H](Oc3c(-c4ccc(OCCO)c(OCCO)c4)oc4cc(OCCO)cc(O)c4c3=O)[C@H](O)[C@@H](O)[C@@H]2O)[C@H](O)[C@H](O)[C@H]1O. The van der Waals surface area contributed by atoms with Crippen molar-refractivity contribution in [2.24, 2.45) is 0 Å². The zero-order valence-corrected chi connectivity index (χ0v) is 51.9. The average Bonchev–Trinajstić information content (AvgIpc) is 0.758. The number of phenolic OH excluding ortho intramolecular Hbond substituents is 4. The molecule has 20 N–H and O–H groups in total. The number of aromatic hydroxyl groups is 4. The molecule has 10 rings (SSSR count). The van der Waals surface area contributed by atoms with Crippen molar-refractivity contribution in [3.8, 4) is 80.1 Å². The minimum Gasteiger partial charge on any atom is -0.507 e. The summed E-state index contributed by atoms with van der Waals surface area (Å²) in [4.78, 5) is 27.9. The Kier molecular flexibility index (Phi) is 24.8. The molecule has 6 heterocycles. The molecule has 36 heteroatoms. The number of phenols is 4. The largest absolute Gasteiger partial charge is 0.507 e. The van der Waals surface area contributed by atoms with Crippen molar-refractivity contribution >= 4 is 21.9 Å². The minimum absolute atomic E-state index is 0.0189. The van der Waals surface area contributed by atoms with Crippen molar-refractivity contribution < 1.29 is 168 Å². The highest BCUT2D eigenvalue weighted by atomic mass is 16.7. The summed E-state index contributed by atoms with van der Waals surface area (Å²) >= 11 is 0. The van der Waals surface area contributed by atoms with Crippen molar-refractivity contribution in [3.63, 3.8) is 0 Å². The molecule has 0 radical (unpaired) electrons. The lowest BCUT2D eigenvalue weighted by molar-refractivity contribution is -0.318. The van der Waals surface area contributed by atoms with Crippen molar-refractivity contribution in [2.75, 3.05) is 66.1 Å². The molecule has 540 valence electrons. The first-order valence-electron chi connectivity index (χ1n) is 30.4. The first-order chi connectivity index (χ1) is 46.7. The molecule has 4 saturated heterocycles. The first-order valence-corrected chi connectivity index (χ1v) is 30.4. The number of aliphatic hydroxyl groups excluding tert-OH is 16. The van der Waals surface area contributed by atoms with E-state index < -0.39 is 187 Å². The van der Waals surface area contributed by atoms with E-state index >= 15 is 0 Å². The van der Waals surface area contributed by atoms with Crippen molar-refractivity contribution in [2.45, 2.75) is 137 Å². The average molecular weight is 1400 g/mol. The van der Waals surface area contributed by atoms with Crippen LogP contribution in [0.1, 0.15) is 13.8 Å². The number of hydrogen-bond donors (Lipinski definition) is 20. The second-order valence-corrected chi connectivity index (χ2v) is 22.8. The standard InChI is InChI=1S/C33H42O19.C29H34O17/c1-14-23(38)26(41)28(43)32(49-14)48-13-21-24(39)27(42)29(44)33(51-21)52-31-25(40)22-17(37)11-16(45-7-4-34)12-20(22)50-30(31)15-2-3-18(46-8-5-35)19(10-15)47-9-6-36;1-10-19(34)22(37)24(39)28(43-10)42-9-17-20(35)23(38)25(40)29(45-17)46-27-21(36)18-15(33)7-12(41-5-4-30)8-16(18)44-26(27)11-2-3-13(31)14(32)6-11/h2-3,10-12,14,21,23-24,26-29,32-39,41-44H,4-9,13H2,1H3;2-3,6-8,10,17,19-20,22-25,28-35,37-40H,4-5,9H2,1H3/t14-,21+,23-,24+,26+,27-,28+,29+,32+,33-;10-,17+,19-,20+,22+,23-,24+,25+,28+,29-/m00/s1. The van der Waals surface area contributed by atoms with Crippen LogP contribution in [0.3, 0.4) is 0 Å². The Balaban J connectivity index is 0.000000231. The van der Waals surface area contributed by atoms with Gasteiger partial charge in [-0.1, -0.05) is 0 Å². The third kappa shape index (κ3) is 16.2. The zero-order valence-electron chi connectivity index (χ0n) is 51.9. The van der Waals surface area contributed by atoms with Crippen molar-refractivity contribution in [3.05, 3.63) is 81.1 Å². The predicted molar refractivity (Wildman–Crippen MR) is 324 cm³/mol. The highest BCUT2D eigenvalue weighted by molar-refractivity contribution is 5.89. The van der Waals surface area contributed by atoms with Crippen molar-refractivity contribution in [1.82, 2.24) is 0 Å². The maximum Gasteiger partial charge on any atom is 0.239 e. The van der Waals surface area contributed by atoms with Crippen LogP contribution in [-0.4, -0.2) is 291 Å². The fraction of sp³-hybridized carbons (Fsp3) is 0.516. The number of ether oxygens (including phenoxy) is 12. The quantitative estimate of drug-likeness (QED) is 0.0253. The summed E-state index contributed by atoms with van der Waals surface area (Å²) in [5.74, 6) is -4.05. The Hall–Kier alpha value is -7.58. The van der Waals surface area contributed by atoms with E-state index in [0.717, 1.165) is 24.3 Å². The van der Waals surface area contributed by atoms with Crippen LogP contribution in [0.15, 0.2) is 79.1 Å². The van der Waals surface area contributed by atoms with E-state index in [0.29, 0.717) is 0 Å². The molecule has 2 aromatic heterocycles. The molecular weight excluding hydrogens is 1320 g/mol. The van der Waals surface area contributed by atoms with Crippen LogP contribution in [0.2, 0.25) is 0 Å². The van der Waals surface area contributed by atoms with Gasteiger partial charge >= 0.3 is 0 Å². The van der Waals surface area contributed by atoms with E-state index in [9.17, 15) is 107 Å². The number of fused-ring (bicyclic) bond motifs is 2. The molecule has 0 saturated carbocycles. The zero-order chi connectivity index (χ0) is 71.1. The first kappa shape index (κ1) is 74.6. The van der Waals surface area contributed by atoms with Crippen LogP contribution in [0.5, 0.6) is 57.5 Å². The van der Waals surface area contributed by atoms with E-state index in [1.165, 1.54) is 50.2 Å². The van der Waals surface area contributed by atoms with Crippen molar-refractivity contribution in [1.29, 1.82) is 0 Å². The molecule has 0 aliphatic carbocycles. The van der Waals surface area contributed by atoms with Gasteiger partial charge in [-0.3, -0.25) is 9.59 Å². The van der Waals surface area contributed by atoms with Crippen LogP contribution >= 0.6 is 0 Å². The summed E-state index contributed by atoms with van der Waals surface area (Å²) in [5, 5.41) is 202.